The van der Waals surface area contributed by atoms with Gasteiger partial charge < -0.3 is 0 Å². The average Bonchev–Trinajstić information content (AvgIpc) is 2.57. The number of hydrogen-bond donors (Lipinski definition) is 0. The Labute approximate surface area is 90.9 Å². The highest BCUT2D eigenvalue weighted by molar-refractivity contribution is 7.18. The van der Waals surface area contributed by atoms with Gasteiger partial charge in [-0.1, -0.05) is 11.3 Å². The first kappa shape index (κ1) is 10.6. The number of hydrogen-bond acceptors (Lipinski definition) is 4. The molecule has 2 aromatic rings. The minimum absolute atomic E-state index is 0.00882. The Hall–Kier alpha value is -0.950. The fourth-order valence-electron chi connectivity index (χ4n) is 0.959. The van der Waals surface area contributed by atoms with Crippen LogP contribution in [0.25, 0.3) is 10.5 Å². The van der Waals surface area contributed by atoms with Gasteiger partial charge in [-0.2, -0.15) is 13.2 Å². The highest BCUT2D eigenvalue weighted by atomic mass is 35.5. The van der Waals surface area contributed by atoms with E-state index in [1.165, 1.54) is 0 Å². The monoisotopic (exact) mass is 253 g/mol. The zero-order chi connectivity index (χ0) is 11.1. The molecule has 0 bridgehead atoms. The molecule has 0 saturated carbocycles. The van der Waals surface area contributed by atoms with Crippen LogP contribution in [-0.4, -0.2) is 15.0 Å². The van der Waals surface area contributed by atoms with E-state index >= 15 is 0 Å². The first-order valence-corrected chi connectivity index (χ1v) is 5.11. The maximum absolute atomic E-state index is 12.3. The summed E-state index contributed by atoms with van der Waals surface area (Å²) >= 11 is 6.63. The van der Waals surface area contributed by atoms with Gasteiger partial charge in [-0.15, -0.1) is 11.6 Å². The van der Waals surface area contributed by atoms with E-state index in [1.807, 2.05) is 0 Å². The smallest absolute Gasteiger partial charge is 0.240 e. The minimum Gasteiger partial charge on any atom is -0.240 e. The van der Waals surface area contributed by atoms with Crippen molar-refractivity contribution in [3.05, 3.63) is 16.9 Å². The summed E-state index contributed by atoms with van der Waals surface area (Å²) in [5.41, 5.74) is -1.05. The largest absolute Gasteiger partial charge is 0.434 e. The molecule has 0 aliphatic rings. The van der Waals surface area contributed by atoms with E-state index in [1.54, 1.807) is 0 Å². The summed E-state index contributed by atoms with van der Waals surface area (Å²) < 4.78 is 36.8. The lowest BCUT2D eigenvalue weighted by Crippen LogP contribution is -2.08. The van der Waals surface area contributed by atoms with Crippen molar-refractivity contribution in [3.8, 4) is 0 Å². The fourth-order valence-corrected chi connectivity index (χ4v) is 1.88. The number of thiazole rings is 1. The van der Waals surface area contributed by atoms with Crippen LogP contribution in [0.5, 0.6) is 0 Å². The molecule has 0 spiro atoms. The molecule has 0 amide bonds. The first-order chi connectivity index (χ1) is 7.00. The molecule has 80 valence electrons. The second-order valence-electron chi connectivity index (χ2n) is 2.62. The van der Waals surface area contributed by atoms with E-state index in [-0.39, 0.29) is 11.5 Å². The van der Waals surface area contributed by atoms with Crippen LogP contribution in [0.4, 0.5) is 13.2 Å². The zero-order valence-corrected chi connectivity index (χ0v) is 8.62. The molecule has 0 unspecified atom stereocenters. The zero-order valence-electron chi connectivity index (χ0n) is 7.05. The van der Waals surface area contributed by atoms with Crippen molar-refractivity contribution < 1.29 is 13.2 Å². The number of alkyl halides is 4. The van der Waals surface area contributed by atoms with Gasteiger partial charge in [0.15, 0.2) is 16.2 Å². The predicted octanol–water partition coefficient (Wildman–Crippen LogP) is 2.84. The topological polar surface area (TPSA) is 38.7 Å². The molecule has 0 aliphatic carbocycles. The van der Waals surface area contributed by atoms with Crippen molar-refractivity contribution in [2.75, 3.05) is 0 Å². The van der Waals surface area contributed by atoms with Crippen LogP contribution in [0.15, 0.2) is 6.20 Å². The Balaban J connectivity index is 2.55. The molecule has 15 heavy (non-hydrogen) atoms. The highest BCUT2D eigenvalue weighted by Gasteiger charge is 2.33. The molecule has 0 saturated heterocycles. The lowest BCUT2D eigenvalue weighted by Gasteiger charge is -2.02. The normalized spacial score (nSPS) is 12.3. The summed E-state index contributed by atoms with van der Waals surface area (Å²) in [6.07, 6.45) is -3.80. The van der Waals surface area contributed by atoms with Gasteiger partial charge in [-0.3, -0.25) is 0 Å². The van der Waals surface area contributed by atoms with Crippen LogP contribution < -0.4 is 0 Å². The van der Waals surface area contributed by atoms with Crippen molar-refractivity contribution >= 4 is 33.4 Å². The second-order valence-corrected chi connectivity index (χ2v) is 3.95. The van der Waals surface area contributed by atoms with Gasteiger partial charge in [-0.05, 0) is 0 Å². The number of nitrogens with zero attached hydrogens (tertiary/aromatic N) is 3. The lowest BCUT2D eigenvalue weighted by molar-refractivity contribution is -0.141. The SMILES string of the molecule is FC(F)(F)c1cnc2sc(CCl)nc2n1. The summed E-state index contributed by atoms with van der Waals surface area (Å²) in [5, 5.41) is 0.506. The molecule has 2 aromatic heterocycles. The van der Waals surface area contributed by atoms with Crippen LogP contribution in [0.2, 0.25) is 0 Å². The number of halogens is 4. The van der Waals surface area contributed by atoms with E-state index in [4.69, 9.17) is 11.6 Å². The number of aromatic nitrogens is 3. The van der Waals surface area contributed by atoms with Gasteiger partial charge in [0.1, 0.15) is 5.01 Å². The summed E-state index contributed by atoms with van der Waals surface area (Å²) in [7, 11) is 0. The summed E-state index contributed by atoms with van der Waals surface area (Å²) in [6.45, 7) is 0. The molecule has 0 N–H and O–H groups in total. The van der Waals surface area contributed by atoms with E-state index in [0.717, 1.165) is 11.3 Å². The summed E-state index contributed by atoms with van der Waals surface area (Å²) in [6, 6.07) is 0. The Morgan fingerprint density at radius 1 is 1.33 bits per heavy atom. The van der Waals surface area contributed by atoms with Crippen LogP contribution in [0, 0.1) is 0 Å². The molecule has 0 atom stereocenters. The minimum atomic E-state index is -4.49. The van der Waals surface area contributed by atoms with Gasteiger partial charge in [0.05, 0.1) is 12.1 Å². The lowest BCUT2D eigenvalue weighted by atomic mass is 10.4. The fraction of sp³-hybridized carbons (Fsp3) is 0.286. The molecule has 0 fully saturated rings. The summed E-state index contributed by atoms with van der Waals surface area (Å²) in [5.74, 6) is 0.143. The van der Waals surface area contributed by atoms with Gasteiger partial charge in [0.2, 0.25) is 0 Å². The van der Waals surface area contributed by atoms with Crippen molar-refractivity contribution in [1.29, 1.82) is 0 Å². The molecule has 2 rings (SSSR count). The molecule has 3 nitrogen and oxygen atoms in total. The predicted molar refractivity (Wildman–Crippen MR) is 49.8 cm³/mol. The summed E-state index contributed by atoms with van der Waals surface area (Å²) in [4.78, 5) is 11.2. The first-order valence-electron chi connectivity index (χ1n) is 3.76. The Morgan fingerprint density at radius 2 is 2.07 bits per heavy atom. The van der Waals surface area contributed by atoms with Crippen molar-refractivity contribution in [2.24, 2.45) is 0 Å². The average molecular weight is 254 g/mol. The Kier molecular flexibility index (Phi) is 2.51. The quantitative estimate of drug-likeness (QED) is 0.734. The van der Waals surface area contributed by atoms with Crippen molar-refractivity contribution in [3.63, 3.8) is 0 Å². The van der Waals surface area contributed by atoms with Gasteiger partial charge >= 0.3 is 6.18 Å². The maximum Gasteiger partial charge on any atom is 0.434 e. The number of rotatable bonds is 1. The van der Waals surface area contributed by atoms with Gasteiger partial charge in [0, 0.05) is 0 Å². The molecule has 0 aliphatic heterocycles. The number of fused-ring (bicyclic) bond motifs is 1. The van der Waals surface area contributed by atoms with Crippen LogP contribution in [0.1, 0.15) is 10.7 Å². The van der Waals surface area contributed by atoms with E-state index < -0.39 is 11.9 Å². The van der Waals surface area contributed by atoms with Crippen LogP contribution in [-0.2, 0) is 12.1 Å². The standard InChI is InChI=1S/C7H3ClF3N3S/c8-1-4-14-5-6(15-4)12-2-3(13-5)7(9,10)11/h2H,1H2. The maximum atomic E-state index is 12.3. The van der Waals surface area contributed by atoms with Crippen molar-refractivity contribution in [2.45, 2.75) is 12.1 Å². The third-order valence-corrected chi connectivity index (χ3v) is 2.94. The highest BCUT2D eigenvalue weighted by Crippen LogP contribution is 2.29. The van der Waals surface area contributed by atoms with Crippen LogP contribution in [0.3, 0.4) is 0 Å². The Bertz CT molecular complexity index is 496. The Morgan fingerprint density at radius 3 is 2.67 bits per heavy atom. The molecular weight excluding hydrogens is 251 g/mol. The third-order valence-electron chi connectivity index (χ3n) is 1.57. The molecule has 2 heterocycles. The second kappa shape index (κ2) is 3.57. The third kappa shape index (κ3) is 2.03. The molecule has 0 radical (unpaired) electrons. The molecule has 0 aromatic carbocycles. The van der Waals surface area contributed by atoms with Gasteiger partial charge in [0.25, 0.3) is 0 Å². The van der Waals surface area contributed by atoms with E-state index in [2.05, 4.69) is 15.0 Å². The van der Waals surface area contributed by atoms with E-state index in [9.17, 15) is 13.2 Å². The van der Waals surface area contributed by atoms with Crippen LogP contribution >= 0.6 is 22.9 Å². The molecular formula is C7H3ClF3N3S. The van der Waals surface area contributed by atoms with Crippen molar-refractivity contribution in [1.82, 2.24) is 15.0 Å². The molecule has 8 heteroatoms. The van der Waals surface area contributed by atoms with Gasteiger partial charge in [-0.25, -0.2) is 15.0 Å². The van der Waals surface area contributed by atoms with E-state index in [0.29, 0.717) is 16.0 Å².